The van der Waals surface area contributed by atoms with Crippen molar-refractivity contribution in [3.63, 3.8) is 0 Å². The van der Waals surface area contributed by atoms with Gasteiger partial charge in [0.2, 0.25) is 23.6 Å². The summed E-state index contributed by atoms with van der Waals surface area (Å²) in [6.07, 6.45) is -1.52. The Kier molecular flexibility index (Phi) is 9.96. The van der Waals surface area contributed by atoms with Crippen molar-refractivity contribution in [1.82, 2.24) is 16.0 Å². The first-order chi connectivity index (χ1) is 12.4. The van der Waals surface area contributed by atoms with Crippen molar-refractivity contribution in [3.8, 4) is 0 Å². The highest BCUT2D eigenvalue weighted by molar-refractivity contribution is 5.94. The summed E-state index contributed by atoms with van der Waals surface area (Å²) in [7, 11) is 0. The Hall–Kier alpha value is -2.73. The molecule has 0 aliphatic heterocycles. The molecule has 0 saturated carbocycles. The number of carbonyl (C=O) groups is 5. The Morgan fingerprint density at radius 3 is 1.85 bits per heavy atom. The second-order valence-electron chi connectivity index (χ2n) is 6.13. The lowest BCUT2D eigenvalue weighted by molar-refractivity contribution is -0.142. The summed E-state index contributed by atoms with van der Waals surface area (Å²) in [5.74, 6) is -4.36. The second-order valence-corrected chi connectivity index (χ2v) is 6.13. The molecule has 154 valence electrons. The molecule has 0 saturated heterocycles. The minimum Gasteiger partial charge on any atom is -0.480 e. The summed E-state index contributed by atoms with van der Waals surface area (Å²) in [6.45, 7) is 3.86. The Morgan fingerprint density at radius 1 is 0.889 bits per heavy atom. The zero-order chi connectivity index (χ0) is 21.3. The van der Waals surface area contributed by atoms with E-state index >= 15 is 0 Å². The number of aliphatic hydroxyl groups is 1. The molecule has 5 unspecified atom stereocenters. The smallest absolute Gasteiger partial charge is 0.325 e. The molecule has 9 N–H and O–H groups in total. The van der Waals surface area contributed by atoms with Gasteiger partial charge in [0.15, 0.2) is 0 Å². The van der Waals surface area contributed by atoms with Gasteiger partial charge in [-0.25, -0.2) is 0 Å². The zero-order valence-electron chi connectivity index (χ0n) is 15.4. The van der Waals surface area contributed by atoms with Crippen LogP contribution in [0, 0.1) is 0 Å². The molecule has 0 aromatic carbocycles. The fraction of sp³-hybridized carbons (Fsp3) is 0.667. The average Bonchev–Trinajstić information content (AvgIpc) is 2.56. The van der Waals surface area contributed by atoms with Gasteiger partial charge in [-0.3, -0.25) is 24.0 Å². The predicted octanol–water partition coefficient (Wildman–Crippen LogP) is -3.46. The van der Waals surface area contributed by atoms with Gasteiger partial charge >= 0.3 is 5.97 Å². The van der Waals surface area contributed by atoms with E-state index in [1.165, 1.54) is 20.8 Å². The largest absolute Gasteiger partial charge is 0.480 e. The quantitative estimate of drug-likeness (QED) is 0.188. The highest BCUT2D eigenvalue weighted by Gasteiger charge is 2.28. The fourth-order valence-electron chi connectivity index (χ4n) is 1.82. The normalized spacial score (nSPS) is 16.2. The second kappa shape index (κ2) is 11.1. The molecule has 0 radical (unpaired) electrons. The number of hydrogen-bond acceptors (Lipinski definition) is 7. The molecule has 0 spiro atoms. The maximum atomic E-state index is 12.2. The van der Waals surface area contributed by atoms with Crippen LogP contribution in [0.3, 0.4) is 0 Å². The van der Waals surface area contributed by atoms with E-state index in [9.17, 15) is 29.1 Å². The van der Waals surface area contributed by atoms with Crippen LogP contribution in [0.15, 0.2) is 0 Å². The minimum absolute atomic E-state index is 0.160. The minimum atomic E-state index is -1.28. The number of carboxylic acids is 1. The SMILES string of the molecule is CC(NC(=O)C(CCC(N)=O)NC(=O)C(C)NC(=O)C(N)C(C)O)C(=O)O. The van der Waals surface area contributed by atoms with Gasteiger partial charge in [-0.05, 0) is 27.2 Å². The van der Waals surface area contributed by atoms with E-state index in [2.05, 4.69) is 16.0 Å². The van der Waals surface area contributed by atoms with Gasteiger partial charge in [0, 0.05) is 6.42 Å². The molecule has 5 atom stereocenters. The van der Waals surface area contributed by atoms with E-state index in [1.807, 2.05) is 0 Å². The van der Waals surface area contributed by atoms with Gasteiger partial charge in [0.25, 0.3) is 0 Å². The van der Waals surface area contributed by atoms with Crippen molar-refractivity contribution >= 4 is 29.6 Å². The maximum absolute atomic E-state index is 12.2. The fourth-order valence-corrected chi connectivity index (χ4v) is 1.82. The van der Waals surface area contributed by atoms with Crippen LogP contribution in [0.4, 0.5) is 0 Å². The van der Waals surface area contributed by atoms with Crippen LogP contribution in [0.5, 0.6) is 0 Å². The maximum Gasteiger partial charge on any atom is 0.325 e. The van der Waals surface area contributed by atoms with Crippen LogP contribution >= 0.6 is 0 Å². The molecule has 0 aliphatic rings. The average molecular weight is 389 g/mol. The van der Waals surface area contributed by atoms with Gasteiger partial charge < -0.3 is 37.6 Å². The molecule has 0 fully saturated rings. The third-order valence-electron chi connectivity index (χ3n) is 3.62. The first-order valence-electron chi connectivity index (χ1n) is 8.22. The summed E-state index contributed by atoms with van der Waals surface area (Å²) < 4.78 is 0. The molecule has 0 aromatic heterocycles. The van der Waals surface area contributed by atoms with E-state index in [4.69, 9.17) is 16.6 Å². The molecule has 0 aliphatic carbocycles. The number of primary amides is 1. The summed E-state index contributed by atoms with van der Waals surface area (Å²) in [4.78, 5) is 57.9. The van der Waals surface area contributed by atoms with E-state index in [1.54, 1.807) is 0 Å². The van der Waals surface area contributed by atoms with Gasteiger partial charge in [0.1, 0.15) is 24.2 Å². The lowest BCUT2D eigenvalue weighted by atomic mass is 10.1. The van der Waals surface area contributed by atoms with Gasteiger partial charge in [-0.1, -0.05) is 0 Å². The molecule has 12 nitrogen and oxygen atoms in total. The highest BCUT2D eigenvalue weighted by Crippen LogP contribution is 2.00. The summed E-state index contributed by atoms with van der Waals surface area (Å²) >= 11 is 0. The number of aliphatic carboxylic acids is 1. The first kappa shape index (κ1) is 24.3. The third-order valence-corrected chi connectivity index (χ3v) is 3.62. The molecule has 0 aromatic rings. The number of carboxylic acid groups (broad SMARTS) is 1. The molecular weight excluding hydrogens is 362 g/mol. The molecule has 12 heteroatoms. The zero-order valence-corrected chi connectivity index (χ0v) is 15.4. The van der Waals surface area contributed by atoms with E-state index in [0.29, 0.717) is 0 Å². The predicted molar refractivity (Wildman–Crippen MR) is 92.9 cm³/mol. The van der Waals surface area contributed by atoms with Crippen LogP contribution < -0.4 is 27.4 Å². The Labute approximate surface area is 156 Å². The molecule has 0 heterocycles. The van der Waals surface area contributed by atoms with Crippen LogP contribution in [0.1, 0.15) is 33.6 Å². The number of aliphatic hydroxyl groups excluding tert-OH is 1. The summed E-state index contributed by atoms with van der Waals surface area (Å²) in [6, 6.07) is -4.81. The standard InChI is InChI=1S/C15H27N5O7/c1-6(18-14(25)11(17)8(3)21)12(23)20-9(4-5-10(16)22)13(24)19-7(2)15(26)27/h6-9,11,21H,4-5,17H2,1-3H3,(H2,16,22)(H,18,25)(H,19,24)(H,20,23)(H,26,27). The Morgan fingerprint density at radius 2 is 1.41 bits per heavy atom. The highest BCUT2D eigenvalue weighted by atomic mass is 16.4. The summed E-state index contributed by atoms with van der Waals surface area (Å²) in [5.41, 5.74) is 10.5. The molecule has 0 rings (SSSR count). The van der Waals surface area contributed by atoms with Crippen LogP contribution in [0.2, 0.25) is 0 Å². The molecular formula is C15H27N5O7. The van der Waals surface area contributed by atoms with Crippen molar-refractivity contribution in [3.05, 3.63) is 0 Å². The van der Waals surface area contributed by atoms with E-state index < -0.39 is 59.9 Å². The number of rotatable bonds is 11. The Balaban J connectivity index is 4.99. The van der Waals surface area contributed by atoms with Crippen LogP contribution in [-0.2, 0) is 24.0 Å². The van der Waals surface area contributed by atoms with Crippen molar-refractivity contribution in [2.75, 3.05) is 0 Å². The van der Waals surface area contributed by atoms with Crippen molar-refractivity contribution < 1.29 is 34.2 Å². The van der Waals surface area contributed by atoms with Crippen LogP contribution in [0.25, 0.3) is 0 Å². The number of carbonyl (C=O) groups excluding carboxylic acids is 4. The van der Waals surface area contributed by atoms with E-state index in [-0.39, 0.29) is 12.8 Å². The third kappa shape index (κ3) is 8.96. The molecule has 27 heavy (non-hydrogen) atoms. The number of nitrogens with two attached hydrogens (primary N) is 2. The number of nitrogens with one attached hydrogen (secondary N) is 3. The lowest BCUT2D eigenvalue weighted by Gasteiger charge is -2.23. The van der Waals surface area contributed by atoms with Crippen molar-refractivity contribution in [1.29, 1.82) is 0 Å². The lowest BCUT2D eigenvalue weighted by Crippen LogP contribution is -2.57. The Bertz CT molecular complexity index is 581. The van der Waals surface area contributed by atoms with Gasteiger partial charge in [0.05, 0.1) is 6.10 Å². The van der Waals surface area contributed by atoms with Gasteiger partial charge in [-0.2, -0.15) is 0 Å². The number of amides is 4. The van der Waals surface area contributed by atoms with E-state index in [0.717, 1.165) is 0 Å². The summed E-state index contributed by atoms with van der Waals surface area (Å²) in [5, 5.41) is 24.9. The van der Waals surface area contributed by atoms with Crippen LogP contribution in [-0.4, -0.2) is 70.1 Å². The topological polar surface area (TPSA) is 214 Å². The number of hydrogen-bond donors (Lipinski definition) is 7. The van der Waals surface area contributed by atoms with Gasteiger partial charge in [-0.15, -0.1) is 0 Å². The van der Waals surface area contributed by atoms with Crippen molar-refractivity contribution in [2.45, 2.75) is 63.9 Å². The first-order valence-corrected chi connectivity index (χ1v) is 8.22. The molecule has 4 amide bonds. The molecule has 0 bridgehead atoms. The monoisotopic (exact) mass is 389 g/mol. The van der Waals surface area contributed by atoms with Crippen molar-refractivity contribution in [2.24, 2.45) is 11.5 Å².